The molecule has 0 aliphatic carbocycles. The molecule has 2 amide bonds. The lowest BCUT2D eigenvalue weighted by Gasteiger charge is -2.34. The van der Waals surface area contributed by atoms with Gasteiger partial charge < -0.3 is 19.2 Å². The molecule has 0 spiro atoms. The van der Waals surface area contributed by atoms with Crippen molar-refractivity contribution < 1.29 is 23.5 Å². The van der Waals surface area contributed by atoms with Gasteiger partial charge in [-0.25, -0.2) is 9.59 Å². The van der Waals surface area contributed by atoms with E-state index in [0.717, 1.165) is 37.1 Å². The van der Waals surface area contributed by atoms with Crippen LogP contribution in [0.25, 0.3) is 11.0 Å². The number of fused-ring (bicyclic) bond motifs is 1. The first-order chi connectivity index (χ1) is 15.5. The van der Waals surface area contributed by atoms with Gasteiger partial charge in [-0.1, -0.05) is 0 Å². The van der Waals surface area contributed by atoms with Crippen LogP contribution in [0.4, 0.5) is 10.5 Å². The molecule has 3 rings (SSSR count). The van der Waals surface area contributed by atoms with Crippen molar-refractivity contribution in [3.8, 4) is 0 Å². The zero-order valence-corrected chi connectivity index (χ0v) is 18.5. The number of hydrogen-bond donors (Lipinski definition) is 2. The summed E-state index contributed by atoms with van der Waals surface area (Å²) in [5.41, 5.74) is 1.33. The first-order valence-corrected chi connectivity index (χ1v) is 10.7. The topological polar surface area (TPSA) is 113 Å². The quantitative estimate of drug-likeness (QED) is 0.437. The molecule has 2 heterocycles. The number of carbonyl (C=O) groups is 2. The Morgan fingerprint density at radius 2 is 1.88 bits per heavy atom. The van der Waals surface area contributed by atoms with Crippen molar-refractivity contribution in [1.82, 2.24) is 15.1 Å². The number of amides is 2. The highest BCUT2D eigenvalue weighted by Crippen LogP contribution is 2.23. The monoisotopic (exact) mass is 446 g/mol. The molecule has 1 aliphatic rings. The molecule has 10 heteroatoms. The summed E-state index contributed by atoms with van der Waals surface area (Å²) in [6, 6.07) is 6.71. The number of ether oxygens (including phenoxy) is 2. The van der Waals surface area contributed by atoms with Gasteiger partial charge in [-0.15, -0.1) is 0 Å². The van der Waals surface area contributed by atoms with Crippen LogP contribution in [-0.4, -0.2) is 81.4 Å². The zero-order valence-electron chi connectivity index (χ0n) is 18.5. The average Bonchev–Trinajstić information content (AvgIpc) is 2.75. The van der Waals surface area contributed by atoms with E-state index >= 15 is 0 Å². The second kappa shape index (κ2) is 11.6. The standard InChI is InChI=1S/C22H30N4O6/c1-3-31-22(29)24-17-4-5-18-16(12-21(28)32-19(18)13-17)14-25-7-9-26(10-8-25)15-20(27)23-6-11-30-2/h4-5,12-13H,3,6-11,14-15H2,1-2H3,(H,23,27)(H,24,29). The second-order valence-corrected chi connectivity index (χ2v) is 7.54. The molecule has 0 bridgehead atoms. The third-order valence-corrected chi connectivity index (χ3v) is 5.21. The maximum atomic E-state index is 12.1. The molecule has 174 valence electrons. The van der Waals surface area contributed by atoms with Gasteiger partial charge >= 0.3 is 11.7 Å². The maximum absolute atomic E-state index is 12.1. The normalized spacial score (nSPS) is 14.9. The van der Waals surface area contributed by atoms with E-state index in [2.05, 4.69) is 20.4 Å². The SMILES string of the molecule is CCOC(=O)Nc1ccc2c(CN3CCN(CC(=O)NCCOC)CC3)cc(=O)oc2c1. The van der Waals surface area contributed by atoms with E-state index in [1.54, 1.807) is 26.2 Å². The Morgan fingerprint density at radius 1 is 1.12 bits per heavy atom. The number of anilines is 1. The Kier molecular flexibility index (Phi) is 8.60. The van der Waals surface area contributed by atoms with Gasteiger partial charge in [-0.3, -0.25) is 19.9 Å². The van der Waals surface area contributed by atoms with Crippen molar-refractivity contribution in [3.63, 3.8) is 0 Å². The highest BCUT2D eigenvalue weighted by atomic mass is 16.5. The van der Waals surface area contributed by atoms with Gasteiger partial charge in [0.05, 0.1) is 19.8 Å². The first kappa shape index (κ1) is 23.7. The predicted octanol–water partition coefficient (Wildman–Crippen LogP) is 1.24. The number of rotatable bonds is 9. The molecule has 32 heavy (non-hydrogen) atoms. The largest absolute Gasteiger partial charge is 0.450 e. The zero-order chi connectivity index (χ0) is 22.9. The molecule has 2 N–H and O–H groups in total. The first-order valence-electron chi connectivity index (χ1n) is 10.7. The number of benzene rings is 1. The van der Waals surface area contributed by atoms with Gasteiger partial charge in [0.25, 0.3) is 0 Å². The van der Waals surface area contributed by atoms with Crippen LogP contribution in [0.3, 0.4) is 0 Å². The molecular weight excluding hydrogens is 416 g/mol. The number of carbonyl (C=O) groups excluding carboxylic acids is 2. The van der Waals surface area contributed by atoms with Crippen molar-refractivity contribution >= 4 is 28.7 Å². The van der Waals surface area contributed by atoms with Crippen molar-refractivity contribution in [3.05, 3.63) is 40.2 Å². The summed E-state index contributed by atoms with van der Waals surface area (Å²) in [5.74, 6) is -0.00519. The smallest absolute Gasteiger partial charge is 0.411 e. The van der Waals surface area contributed by atoms with Gasteiger partial charge in [0.1, 0.15) is 5.58 Å². The molecule has 0 atom stereocenters. The fourth-order valence-electron chi connectivity index (χ4n) is 3.62. The van der Waals surface area contributed by atoms with E-state index < -0.39 is 11.7 Å². The fraction of sp³-hybridized carbons (Fsp3) is 0.500. The summed E-state index contributed by atoms with van der Waals surface area (Å²) >= 11 is 0. The van der Waals surface area contributed by atoms with E-state index in [-0.39, 0.29) is 12.5 Å². The third kappa shape index (κ3) is 6.78. The van der Waals surface area contributed by atoms with Crippen LogP contribution in [0.15, 0.2) is 33.5 Å². The summed E-state index contributed by atoms with van der Waals surface area (Å²) in [7, 11) is 1.60. The third-order valence-electron chi connectivity index (χ3n) is 5.21. The Bertz CT molecular complexity index is 984. The molecule has 2 aromatic rings. The Labute approximate surface area is 186 Å². The van der Waals surface area contributed by atoms with Crippen molar-refractivity contribution in [2.75, 3.05) is 64.9 Å². The Hall–Kier alpha value is -2.95. The summed E-state index contributed by atoms with van der Waals surface area (Å²) < 4.78 is 15.2. The molecule has 1 aliphatic heterocycles. The Morgan fingerprint density at radius 3 is 2.59 bits per heavy atom. The van der Waals surface area contributed by atoms with Gasteiger partial charge in [0.2, 0.25) is 5.91 Å². The van der Waals surface area contributed by atoms with Gasteiger partial charge in [0.15, 0.2) is 0 Å². The Balaban J connectivity index is 1.60. The van der Waals surface area contributed by atoms with E-state index in [0.29, 0.717) is 37.5 Å². The van der Waals surface area contributed by atoms with Crippen molar-refractivity contribution in [2.45, 2.75) is 13.5 Å². The molecular formula is C22H30N4O6. The molecule has 1 aromatic carbocycles. The van der Waals surface area contributed by atoms with Crippen LogP contribution in [0.1, 0.15) is 12.5 Å². The molecule has 0 unspecified atom stereocenters. The molecule has 0 saturated carbocycles. The lowest BCUT2D eigenvalue weighted by atomic mass is 10.1. The number of methoxy groups -OCH3 is 1. The maximum Gasteiger partial charge on any atom is 0.411 e. The van der Waals surface area contributed by atoms with Crippen LogP contribution >= 0.6 is 0 Å². The minimum atomic E-state index is -0.560. The van der Waals surface area contributed by atoms with Crippen LogP contribution in [-0.2, 0) is 20.8 Å². The van der Waals surface area contributed by atoms with Crippen LogP contribution in [0.2, 0.25) is 0 Å². The van der Waals surface area contributed by atoms with Gasteiger partial charge in [0, 0.05) is 69.6 Å². The van der Waals surface area contributed by atoms with Gasteiger partial charge in [-0.05, 0) is 24.6 Å². The van der Waals surface area contributed by atoms with E-state index in [4.69, 9.17) is 13.9 Å². The lowest BCUT2D eigenvalue weighted by Crippen LogP contribution is -2.49. The van der Waals surface area contributed by atoms with Crippen LogP contribution < -0.4 is 16.3 Å². The number of nitrogens with zero attached hydrogens (tertiary/aromatic N) is 2. The highest BCUT2D eigenvalue weighted by Gasteiger charge is 2.20. The molecule has 10 nitrogen and oxygen atoms in total. The number of piperazine rings is 1. The average molecular weight is 447 g/mol. The number of nitrogens with one attached hydrogen (secondary N) is 2. The molecule has 1 fully saturated rings. The molecule has 0 radical (unpaired) electrons. The fourth-order valence-corrected chi connectivity index (χ4v) is 3.62. The van der Waals surface area contributed by atoms with Crippen molar-refractivity contribution in [1.29, 1.82) is 0 Å². The predicted molar refractivity (Wildman–Crippen MR) is 120 cm³/mol. The van der Waals surface area contributed by atoms with E-state index in [9.17, 15) is 14.4 Å². The summed E-state index contributed by atoms with van der Waals surface area (Å²) in [6.07, 6.45) is -0.560. The highest BCUT2D eigenvalue weighted by molar-refractivity contribution is 5.90. The van der Waals surface area contributed by atoms with Crippen molar-refractivity contribution in [2.24, 2.45) is 0 Å². The van der Waals surface area contributed by atoms with Crippen LogP contribution in [0, 0.1) is 0 Å². The summed E-state index contributed by atoms with van der Waals surface area (Å²) in [5, 5.41) is 6.26. The minimum absolute atomic E-state index is 0.00519. The van der Waals surface area contributed by atoms with E-state index in [1.807, 2.05) is 6.07 Å². The minimum Gasteiger partial charge on any atom is -0.450 e. The second-order valence-electron chi connectivity index (χ2n) is 7.54. The summed E-state index contributed by atoms with van der Waals surface area (Å²) in [4.78, 5) is 40.1. The van der Waals surface area contributed by atoms with Gasteiger partial charge in [-0.2, -0.15) is 0 Å². The molecule has 1 saturated heterocycles. The van der Waals surface area contributed by atoms with E-state index in [1.165, 1.54) is 6.07 Å². The van der Waals surface area contributed by atoms with Crippen LogP contribution in [0.5, 0.6) is 0 Å². The lowest BCUT2D eigenvalue weighted by molar-refractivity contribution is -0.122. The molecule has 1 aromatic heterocycles. The number of hydrogen-bond acceptors (Lipinski definition) is 8. The summed E-state index contributed by atoms with van der Waals surface area (Å²) in [6.45, 7) is 7.08.